The Morgan fingerprint density at radius 3 is 2.16 bits per heavy atom. The zero-order valence-electron chi connectivity index (χ0n) is 18.1. The van der Waals surface area contributed by atoms with Gasteiger partial charge in [0.1, 0.15) is 6.04 Å². The molecule has 2 aromatic carbocycles. The first kappa shape index (κ1) is 24.8. The topological polar surface area (TPSA) is 95.6 Å². The molecule has 1 atom stereocenters. The molecule has 9 heteroatoms. The third kappa shape index (κ3) is 6.53. The van der Waals surface area contributed by atoms with E-state index in [9.17, 15) is 18.0 Å². The number of amides is 2. The fourth-order valence-electron chi connectivity index (χ4n) is 2.97. The van der Waals surface area contributed by atoms with Crippen molar-refractivity contribution in [2.75, 3.05) is 18.4 Å². The van der Waals surface area contributed by atoms with E-state index in [1.54, 1.807) is 49.1 Å². The molecule has 0 aromatic heterocycles. The zero-order valence-corrected chi connectivity index (χ0v) is 19.6. The molecular weight excluding hydrogens is 438 g/mol. The monoisotopic (exact) mass is 465 g/mol. The van der Waals surface area contributed by atoms with Gasteiger partial charge in [0, 0.05) is 29.4 Å². The summed E-state index contributed by atoms with van der Waals surface area (Å²) >= 11 is 5.89. The van der Waals surface area contributed by atoms with Crippen molar-refractivity contribution in [2.24, 2.45) is 5.92 Å². The average molecular weight is 466 g/mol. The molecule has 0 saturated carbocycles. The standard InChI is InChI=1S/C22H28ClN3O4S/c1-5-26(6-2)22(28)16-10-12-18(13-11-16)24-21(27)20(15(3)4)25-31(29,30)19-9-7-8-17(23)14-19/h7-15,20,25H,5-6H2,1-4H3,(H,24,27). The molecule has 168 valence electrons. The first-order chi connectivity index (χ1) is 14.6. The highest BCUT2D eigenvalue weighted by atomic mass is 35.5. The summed E-state index contributed by atoms with van der Waals surface area (Å²) in [4.78, 5) is 26.9. The molecule has 2 aromatic rings. The Balaban J connectivity index is 2.15. The fraction of sp³-hybridized carbons (Fsp3) is 0.364. The summed E-state index contributed by atoms with van der Waals surface area (Å²) < 4.78 is 27.9. The number of hydrogen-bond acceptors (Lipinski definition) is 4. The largest absolute Gasteiger partial charge is 0.339 e. The molecule has 0 bridgehead atoms. The number of nitrogens with zero attached hydrogens (tertiary/aromatic N) is 1. The summed E-state index contributed by atoms with van der Waals surface area (Å²) in [6.45, 7) is 8.53. The van der Waals surface area contributed by atoms with Crippen molar-refractivity contribution in [1.29, 1.82) is 0 Å². The van der Waals surface area contributed by atoms with Crippen LogP contribution >= 0.6 is 11.6 Å². The van der Waals surface area contributed by atoms with Gasteiger partial charge in [-0.1, -0.05) is 31.5 Å². The van der Waals surface area contributed by atoms with E-state index in [1.807, 2.05) is 13.8 Å². The Labute approximate surface area is 188 Å². The van der Waals surface area contributed by atoms with Crippen LogP contribution in [0.4, 0.5) is 5.69 Å². The molecule has 0 heterocycles. The molecule has 0 saturated heterocycles. The van der Waals surface area contributed by atoms with Gasteiger partial charge < -0.3 is 10.2 Å². The first-order valence-electron chi connectivity index (χ1n) is 10.1. The second-order valence-electron chi connectivity index (χ2n) is 7.34. The van der Waals surface area contributed by atoms with Crippen LogP contribution in [0.1, 0.15) is 38.1 Å². The maximum atomic E-state index is 12.8. The van der Waals surface area contributed by atoms with Crippen LogP contribution in [0.2, 0.25) is 5.02 Å². The summed E-state index contributed by atoms with van der Waals surface area (Å²) in [5.74, 6) is -0.891. The molecule has 2 amide bonds. The maximum Gasteiger partial charge on any atom is 0.253 e. The van der Waals surface area contributed by atoms with Crippen LogP contribution in [-0.4, -0.2) is 44.3 Å². The van der Waals surface area contributed by atoms with Gasteiger partial charge in [0.15, 0.2) is 0 Å². The van der Waals surface area contributed by atoms with E-state index in [0.717, 1.165) is 0 Å². The smallest absolute Gasteiger partial charge is 0.253 e. The third-order valence-electron chi connectivity index (χ3n) is 4.79. The number of carbonyl (C=O) groups excluding carboxylic acids is 2. The lowest BCUT2D eigenvalue weighted by atomic mass is 10.0. The lowest BCUT2D eigenvalue weighted by Gasteiger charge is -2.22. The van der Waals surface area contributed by atoms with Gasteiger partial charge in [-0.25, -0.2) is 8.42 Å². The van der Waals surface area contributed by atoms with Gasteiger partial charge in [0.05, 0.1) is 4.90 Å². The molecule has 0 aliphatic rings. The van der Waals surface area contributed by atoms with E-state index >= 15 is 0 Å². The van der Waals surface area contributed by atoms with Gasteiger partial charge >= 0.3 is 0 Å². The van der Waals surface area contributed by atoms with Crippen LogP contribution in [0.15, 0.2) is 53.4 Å². The van der Waals surface area contributed by atoms with Crippen LogP contribution in [0, 0.1) is 5.92 Å². The normalized spacial score (nSPS) is 12.5. The van der Waals surface area contributed by atoms with E-state index in [1.165, 1.54) is 18.2 Å². The number of halogens is 1. The number of hydrogen-bond donors (Lipinski definition) is 2. The summed E-state index contributed by atoms with van der Waals surface area (Å²) in [6.07, 6.45) is 0. The van der Waals surface area contributed by atoms with Crippen molar-refractivity contribution in [2.45, 2.75) is 38.6 Å². The quantitative estimate of drug-likeness (QED) is 0.589. The van der Waals surface area contributed by atoms with E-state index in [0.29, 0.717) is 24.3 Å². The molecule has 0 radical (unpaired) electrons. The van der Waals surface area contributed by atoms with Crippen LogP contribution in [0.5, 0.6) is 0 Å². The van der Waals surface area contributed by atoms with Crippen LogP contribution in [0.25, 0.3) is 0 Å². The van der Waals surface area contributed by atoms with Gasteiger partial charge in [-0.15, -0.1) is 0 Å². The second-order valence-corrected chi connectivity index (χ2v) is 9.49. The Hall–Kier alpha value is -2.42. The molecule has 7 nitrogen and oxygen atoms in total. The molecule has 0 aliphatic carbocycles. The van der Waals surface area contributed by atoms with Crippen molar-refractivity contribution in [3.8, 4) is 0 Å². The Morgan fingerprint density at radius 1 is 1.03 bits per heavy atom. The number of carbonyl (C=O) groups is 2. The minimum atomic E-state index is -3.94. The number of rotatable bonds is 9. The van der Waals surface area contributed by atoms with Crippen molar-refractivity contribution < 1.29 is 18.0 Å². The van der Waals surface area contributed by atoms with Gasteiger partial charge in [-0.2, -0.15) is 4.72 Å². The lowest BCUT2D eigenvalue weighted by molar-refractivity contribution is -0.118. The third-order valence-corrected chi connectivity index (χ3v) is 6.46. The van der Waals surface area contributed by atoms with E-state index < -0.39 is 22.0 Å². The lowest BCUT2D eigenvalue weighted by Crippen LogP contribution is -2.47. The highest BCUT2D eigenvalue weighted by Gasteiger charge is 2.28. The maximum absolute atomic E-state index is 12.8. The van der Waals surface area contributed by atoms with E-state index in [4.69, 9.17) is 11.6 Å². The molecule has 31 heavy (non-hydrogen) atoms. The van der Waals surface area contributed by atoms with Gasteiger partial charge in [0.25, 0.3) is 5.91 Å². The number of benzene rings is 2. The molecule has 2 rings (SSSR count). The molecule has 2 N–H and O–H groups in total. The average Bonchev–Trinajstić information content (AvgIpc) is 2.73. The number of nitrogens with one attached hydrogen (secondary N) is 2. The molecule has 1 unspecified atom stereocenters. The van der Waals surface area contributed by atoms with E-state index in [-0.39, 0.29) is 21.7 Å². The predicted octanol–water partition coefficient (Wildman–Crippen LogP) is 3.76. The number of sulfonamides is 1. The van der Waals surface area contributed by atoms with Crippen LogP contribution in [0.3, 0.4) is 0 Å². The first-order valence-corrected chi connectivity index (χ1v) is 11.9. The summed E-state index contributed by atoms with van der Waals surface area (Å²) in [6, 6.07) is 11.4. The van der Waals surface area contributed by atoms with Crippen LogP contribution in [-0.2, 0) is 14.8 Å². The highest BCUT2D eigenvalue weighted by Crippen LogP contribution is 2.18. The van der Waals surface area contributed by atoms with Gasteiger partial charge in [0.2, 0.25) is 15.9 Å². The Bertz CT molecular complexity index is 1020. The van der Waals surface area contributed by atoms with E-state index in [2.05, 4.69) is 10.0 Å². The predicted molar refractivity (Wildman–Crippen MR) is 123 cm³/mol. The highest BCUT2D eigenvalue weighted by molar-refractivity contribution is 7.89. The van der Waals surface area contributed by atoms with Gasteiger partial charge in [-0.3, -0.25) is 9.59 Å². The zero-order chi connectivity index (χ0) is 23.2. The van der Waals surface area contributed by atoms with Crippen molar-refractivity contribution >= 4 is 39.1 Å². The summed E-state index contributed by atoms with van der Waals surface area (Å²) in [7, 11) is -3.94. The molecule has 0 aliphatic heterocycles. The SMILES string of the molecule is CCN(CC)C(=O)c1ccc(NC(=O)C(NS(=O)(=O)c2cccc(Cl)c2)C(C)C)cc1. The van der Waals surface area contributed by atoms with Gasteiger partial charge in [-0.05, 0) is 62.2 Å². The van der Waals surface area contributed by atoms with Crippen molar-refractivity contribution in [3.05, 3.63) is 59.1 Å². The van der Waals surface area contributed by atoms with Crippen molar-refractivity contribution in [3.63, 3.8) is 0 Å². The molecule has 0 fully saturated rings. The second kappa shape index (κ2) is 10.7. The minimum Gasteiger partial charge on any atom is -0.339 e. The Kier molecular flexibility index (Phi) is 8.61. The number of anilines is 1. The molecule has 0 spiro atoms. The minimum absolute atomic E-state index is 0.0160. The Morgan fingerprint density at radius 2 is 1.65 bits per heavy atom. The van der Waals surface area contributed by atoms with Crippen LogP contribution < -0.4 is 10.0 Å². The summed E-state index contributed by atoms with van der Waals surface area (Å²) in [5, 5.41) is 3.00. The summed E-state index contributed by atoms with van der Waals surface area (Å²) in [5.41, 5.74) is 0.984. The molecular formula is C22H28ClN3O4S. The fourth-order valence-corrected chi connectivity index (χ4v) is 4.62. The van der Waals surface area contributed by atoms with Crippen molar-refractivity contribution in [1.82, 2.24) is 9.62 Å².